The number of carbonyl (C=O) groups is 5. The Balaban J connectivity index is 0.000000134. The summed E-state index contributed by atoms with van der Waals surface area (Å²) in [7, 11) is -6.56. The molecule has 8 heterocycles. The molecule has 3 saturated heterocycles. The summed E-state index contributed by atoms with van der Waals surface area (Å²) in [6.45, 7) is 5.82. The number of methoxy groups -OCH3 is 1. The fourth-order valence-electron chi connectivity index (χ4n) is 16.0. The monoisotopic (exact) mass is 1790 g/mol. The van der Waals surface area contributed by atoms with Gasteiger partial charge in [0.1, 0.15) is 29.6 Å². The molecule has 3 amide bonds. The Morgan fingerprint density at radius 2 is 0.936 bits per heavy atom. The molecule has 0 bridgehead atoms. The van der Waals surface area contributed by atoms with Crippen molar-refractivity contribution in [3.8, 4) is 0 Å². The molecule has 36 heteroatoms. The number of carboxylic acids is 1. The molecule has 0 radical (unpaired) electrons. The minimum absolute atomic E-state index is 0. The number of nitrogens with one attached hydrogen (secondary N) is 7. The summed E-state index contributed by atoms with van der Waals surface area (Å²) >= 11 is 5.39. The van der Waals surface area contributed by atoms with Crippen LogP contribution in [-0.4, -0.2) is 160 Å². The lowest BCUT2D eigenvalue weighted by Crippen LogP contribution is -2.41. The second-order valence-electron chi connectivity index (χ2n) is 29.7. The van der Waals surface area contributed by atoms with Crippen molar-refractivity contribution in [2.45, 2.75) is 79.9 Å². The molecular formula is C89H77Cl2F5N10O17S2. The van der Waals surface area contributed by atoms with Crippen LogP contribution in [0.2, 0.25) is 0 Å². The molecule has 646 valence electrons. The largest absolute Gasteiger partial charge is 0.480 e. The third-order valence-corrected chi connectivity index (χ3v) is 24.5. The maximum absolute atomic E-state index is 13.4. The molecule has 125 heavy (non-hydrogen) atoms. The second-order valence-corrected chi connectivity index (χ2v) is 33.2. The number of hydrogen-bond acceptors (Lipinski definition) is 16. The highest BCUT2D eigenvalue weighted by molar-refractivity contribution is 7.89. The molecule has 0 aliphatic carbocycles. The molecule has 18 rings (SSSR count). The van der Waals surface area contributed by atoms with Crippen LogP contribution in [0.4, 0.5) is 27.6 Å². The van der Waals surface area contributed by atoms with Crippen LogP contribution in [-0.2, 0) is 45.4 Å². The van der Waals surface area contributed by atoms with Crippen molar-refractivity contribution in [2.24, 2.45) is 0 Å². The van der Waals surface area contributed by atoms with Crippen LogP contribution in [0.5, 0.6) is 0 Å². The van der Waals surface area contributed by atoms with Gasteiger partial charge >= 0.3 is 18.1 Å². The molecule has 15 aromatic rings. The van der Waals surface area contributed by atoms with Crippen LogP contribution in [0.15, 0.2) is 222 Å². The number of fused-ring (bicyclic) bond motifs is 15. The van der Waals surface area contributed by atoms with Gasteiger partial charge in [0.15, 0.2) is 0 Å². The molecule has 3 aliphatic rings. The molecule has 0 spiro atoms. The van der Waals surface area contributed by atoms with Crippen LogP contribution in [0.1, 0.15) is 76.8 Å². The summed E-state index contributed by atoms with van der Waals surface area (Å²) in [6, 6.07) is 46.5. The number of carboxylic acid groups (broad SMARTS) is 1. The number of pyridine rings is 5. The average Bonchev–Trinajstić information content (AvgIpc) is 1.26. The molecule has 3 aliphatic heterocycles. The SMILES string of the molecule is COC(=O)[C@@H]1CCCN1C(=O)c1ccc2c(c1)[nH]c(=O)c1cc(F)ccc12.Cc1cccc2c(=O)[nH]c3cc(C(F)(F)F)c(NC(=O)CCl)cc3c12.Cl.O=C(O)[C@@H]1CCCN1C(=O)c1ccc2c(c1)[nH]c(=O)c1cc(F)ccc12.O=c1[nH]c2ccc(S(=O)(=O)NCCN3CCCCC3)cc2c2ccccc12.O=c1[nH]c2ccc(S(=O)(=O)O)cc2c2ccccc12. The number of anilines is 1. The smallest absolute Gasteiger partial charge is 0.418 e. The van der Waals surface area contributed by atoms with E-state index < -0.39 is 102 Å². The van der Waals surface area contributed by atoms with Crippen molar-refractivity contribution >= 4 is 188 Å². The van der Waals surface area contributed by atoms with Gasteiger partial charge in [0.2, 0.25) is 15.9 Å². The Hall–Kier alpha value is -13.1. The molecule has 0 saturated carbocycles. The Morgan fingerprint density at radius 3 is 1.44 bits per heavy atom. The summed E-state index contributed by atoms with van der Waals surface area (Å²) < 4.78 is 131. The van der Waals surface area contributed by atoms with E-state index in [1.165, 1.54) is 96.8 Å². The molecular weight excluding hydrogens is 1710 g/mol. The number of amides is 3. The van der Waals surface area contributed by atoms with E-state index >= 15 is 0 Å². The van der Waals surface area contributed by atoms with Crippen molar-refractivity contribution in [3.63, 3.8) is 0 Å². The number of alkyl halides is 4. The Kier molecular flexibility index (Phi) is 26.6. The summed E-state index contributed by atoms with van der Waals surface area (Å²) in [4.78, 5) is 140. The first-order valence-electron chi connectivity index (χ1n) is 38.9. The van der Waals surface area contributed by atoms with Crippen molar-refractivity contribution in [2.75, 3.05) is 57.6 Å². The zero-order valence-corrected chi connectivity index (χ0v) is 69.5. The number of benzene rings is 10. The predicted molar refractivity (Wildman–Crippen MR) is 470 cm³/mol. The van der Waals surface area contributed by atoms with E-state index in [0.29, 0.717) is 131 Å². The number of aliphatic carboxylic acids is 1. The average molecular weight is 1790 g/mol. The maximum Gasteiger partial charge on any atom is 0.418 e. The minimum Gasteiger partial charge on any atom is -0.480 e. The molecule has 10 aromatic carbocycles. The fourth-order valence-corrected chi connectivity index (χ4v) is 17.6. The lowest BCUT2D eigenvalue weighted by molar-refractivity contribution is -0.145. The quantitative estimate of drug-likeness (QED) is 0.0180. The number of halogens is 7. The van der Waals surface area contributed by atoms with Crippen molar-refractivity contribution in [3.05, 3.63) is 274 Å². The number of H-pyrrole nitrogens is 5. The van der Waals surface area contributed by atoms with E-state index in [1.807, 2.05) is 12.1 Å². The first-order valence-corrected chi connectivity index (χ1v) is 42.4. The summed E-state index contributed by atoms with van der Waals surface area (Å²) in [6.07, 6.45) is 1.29. The maximum atomic E-state index is 13.4. The number of carbonyl (C=O) groups excluding carboxylic acids is 4. The van der Waals surface area contributed by atoms with Crippen LogP contribution in [0, 0.1) is 18.6 Å². The molecule has 3 fully saturated rings. The zero-order chi connectivity index (χ0) is 88.4. The molecule has 2 atom stereocenters. The van der Waals surface area contributed by atoms with Gasteiger partial charge in [-0.15, -0.1) is 24.0 Å². The lowest BCUT2D eigenvalue weighted by atomic mass is 9.99. The molecule has 5 aromatic heterocycles. The molecule has 27 nitrogen and oxygen atoms in total. The summed E-state index contributed by atoms with van der Waals surface area (Å²) in [5, 5.41) is 19.6. The van der Waals surface area contributed by atoms with E-state index in [4.69, 9.17) is 20.9 Å². The van der Waals surface area contributed by atoms with Crippen LogP contribution >= 0.6 is 24.0 Å². The third-order valence-electron chi connectivity index (χ3n) is 21.9. The van der Waals surface area contributed by atoms with Gasteiger partial charge in [-0.05, 0) is 206 Å². The van der Waals surface area contributed by atoms with Crippen molar-refractivity contribution in [1.82, 2.24) is 44.3 Å². The van der Waals surface area contributed by atoms with Gasteiger partial charge in [-0.3, -0.25) is 42.9 Å². The van der Waals surface area contributed by atoms with E-state index in [1.54, 1.807) is 116 Å². The number of aromatic amines is 5. The van der Waals surface area contributed by atoms with Crippen LogP contribution in [0.25, 0.3) is 108 Å². The van der Waals surface area contributed by atoms with Gasteiger partial charge in [-0.25, -0.2) is 31.5 Å². The predicted octanol–water partition coefficient (Wildman–Crippen LogP) is 14.1. The first-order chi connectivity index (χ1) is 59.2. The first kappa shape index (κ1) is 89.7. The van der Waals surface area contributed by atoms with E-state index in [0.717, 1.165) is 48.5 Å². The summed E-state index contributed by atoms with van der Waals surface area (Å²) in [5.74, 6) is -4.31. The van der Waals surface area contributed by atoms with Crippen LogP contribution < -0.4 is 37.8 Å². The third kappa shape index (κ3) is 19.2. The number of rotatable bonds is 12. The number of hydrogen-bond donors (Lipinski definition) is 9. The topological polar surface area (TPSA) is 401 Å². The number of aryl methyl sites for hydroxylation is 1. The highest BCUT2D eigenvalue weighted by Crippen LogP contribution is 2.40. The number of aromatic nitrogens is 5. The summed E-state index contributed by atoms with van der Waals surface area (Å²) in [5.41, 5.74) is 0.352. The van der Waals surface area contributed by atoms with Gasteiger partial charge in [-0.2, -0.15) is 21.6 Å². The van der Waals surface area contributed by atoms with Gasteiger partial charge in [0.25, 0.3) is 49.7 Å². The van der Waals surface area contributed by atoms with Gasteiger partial charge < -0.3 is 54.8 Å². The van der Waals surface area contributed by atoms with E-state index in [9.17, 15) is 91.8 Å². The molecule has 0 unspecified atom stereocenters. The van der Waals surface area contributed by atoms with Crippen LogP contribution in [0.3, 0.4) is 0 Å². The normalized spacial score (nSPS) is 14.9. The highest BCUT2D eigenvalue weighted by atomic mass is 35.5. The van der Waals surface area contributed by atoms with Gasteiger partial charge in [0, 0.05) is 108 Å². The fraction of sp³-hybridized carbons (Fsp3) is 0.213. The standard InChI is InChI=1S/C20H17FN2O4.C20H23N3O3S.C19H15FN2O4.C17H12ClF3N2O2.C13H9NO4S.ClH/c1-27-20(26)17-3-2-8-23(17)19(25)11-4-6-14-13-7-5-12(21)10-15(13)18(24)22-16(14)9-11;24-20-17-7-3-2-6-16(17)18-14-15(8-9-19(18)22-20)27(25,26)21-10-13-23-11-4-1-5-12-23;20-11-4-6-12-13-5-3-10(8-15(13)21-17(23)14(12)9-11)18(24)22-7-1-2-16(22)19(25)26;1-8-3-2-4-9-15(8)10-5-13(22-14(24)7-18)11(17(19,20)21)6-12(10)23-16(9)25;15-13-10-4-2-1-3-9(10)11-7-8(19(16,17)18)5-6-12(11)14-13;/h4-7,9-10,17H,2-3,8H2,1H3,(H,22,24);2-3,6-9,14,21H,1,4-5,10-13H2,(H,22,24);3-6,8-9,16H,1-2,7H2,(H,21,23)(H,25,26);2-6H,7H2,1H3,(H,22,24)(H,23,25);1-7H,(H,14,15)(H,16,17,18);1H/t17-;;16-;;;/m0.0.../s1. The Labute approximate surface area is 716 Å². The number of ether oxygens (including phenoxy) is 1. The Bertz CT molecular complexity index is 7450. The van der Waals surface area contributed by atoms with Crippen molar-refractivity contribution < 1.29 is 77.2 Å². The number of piperidine rings is 1. The van der Waals surface area contributed by atoms with Crippen molar-refractivity contribution in [1.29, 1.82) is 0 Å². The number of likely N-dealkylation sites (tertiary alicyclic amines) is 3. The van der Waals surface area contributed by atoms with E-state index in [-0.39, 0.29) is 61.4 Å². The lowest BCUT2D eigenvalue weighted by Gasteiger charge is -2.26. The highest BCUT2D eigenvalue weighted by Gasteiger charge is 2.38. The number of esters is 1. The van der Waals surface area contributed by atoms with Gasteiger partial charge in [0.05, 0.1) is 38.9 Å². The van der Waals surface area contributed by atoms with E-state index in [2.05, 4.69) is 39.9 Å². The second kappa shape index (κ2) is 37.1. The molecule has 9 N–H and O–H groups in total. The Morgan fingerprint density at radius 1 is 0.488 bits per heavy atom. The zero-order valence-electron chi connectivity index (χ0n) is 66.3. The number of sulfonamides is 1. The van der Waals surface area contributed by atoms with Gasteiger partial charge in [-0.1, -0.05) is 79.2 Å². The number of nitrogens with zero attached hydrogens (tertiary/aromatic N) is 3. The minimum atomic E-state index is -4.71.